The summed E-state index contributed by atoms with van der Waals surface area (Å²) in [5.74, 6) is -0.424. The Morgan fingerprint density at radius 2 is 1.77 bits per heavy atom. The number of thioether (sulfide) groups is 1. The van der Waals surface area contributed by atoms with Crippen LogP contribution in [0.15, 0.2) is 95.3 Å². The number of aliphatic imine (C=N–C) groups is 1. The van der Waals surface area contributed by atoms with Gasteiger partial charge in [0.15, 0.2) is 5.17 Å². The number of nitrogens with one attached hydrogen (secondary N) is 1. The van der Waals surface area contributed by atoms with Gasteiger partial charge in [0.1, 0.15) is 17.9 Å². The molecule has 1 aliphatic heterocycles. The summed E-state index contributed by atoms with van der Waals surface area (Å²) in [7, 11) is 0. The van der Waals surface area contributed by atoms with Crippen molar-refractivity contribution in [2.24, 2.45) is 10.1 Å². The number of amides is 2. The second kappa shape index (κ2) is 13.1. The number of halogens is 3. The van der Waals surface area contributed by atoms with Crippen LogP contribution < -0.4 is 10.1 Å². The number of carbonyl (C=O) groups is 2. The molecule has 1 aliphatic rings. The average molecular weight is 619 g/mol. The molecule has 4 aromatic rings. The molecule has 0 atom stereocenters. The smallest absolute Gasteiger partial charge is 0.406 e. The minimum absolute atomic E-state index is 0.121. The summed E-state index contributed by atoms with van der Waals surface area (Å²) in [4.78, 5) is 38.2. The molecule has 1 aromatic heterocycles. The minimum atomic E-state index is -4.82. The van der Waals surface area contributed by atoms with Gasteiger partial charge in [-0.05, 0) is 47.4 Å². The number of hydrogen-bond acceptors (Lipinski definition) is 8. The molecule has 0 bridgehead atoms. The molecule has 0 saturated carbocycles. The number of rotatable bonds is 8. The van der Waals surface area contributed by atoms with Crippen molar-refractivity contribution in [2.75, 3.05) is 11.1 Å². The van der Waals surface area contributed by atoms with Crippen molar-refractivity contribution in [3.63, 3.8) is 0 Å². The van der Waals surface area contributed by atoms with E-state index in [0.29, 0.717) is 10.9 Å². The van der Waals surface area contributed by atoms with Crippen molar-refractivity contribution in [3.05, 3.63) is 102 Å². The van der Waals surface area contributed by atoms with E-state index in [1.807, 2.05) is 48.5 Å². The van der Waals surface area contributed by atoms with Crippen LogP contribution >= 0.6 is 11.8 Å². The third-order valence-electron chi connectivity index (χ3n) is 6.30. The van der Waals surface area contributed by atoms with E-state index < -0.39 is 18.0 Å². The maximum Gasteiger partial charge on any atom is 0.573 e. The molecule has 0 unspecified atom stereocenters. The minimum Gasteiger partial charge on any atom is -0.406 e. The number of nitrogens with zero attached hydrogens (tertiary/aromatic N) is 5. The Bertz CT molecular complexity index is 1730. The van der Waals surface area contributed by atoms with E-state index in [0.717, 1.165) is 34.5 Å². The molecule has 2 amide bonds. The van der Waals surface area contributed by atoms with Crippen molar-refractivity contribution < 1.29 is 27.5 Å². The molecule has 1 fully saturated rings. The first kappa shape index (κ1) is 30.4. The van der Waals surface area contributed by atoms with E-state index in [4.69, 9.17) is 4.99 Å². The summed E-state index contributed by atoms with van der Waals surface area (Å²) in [6.07, 6.45) is -1.96. The zero-order valence-corrected chi connectivity index (χ0v) is 24.3. The molecule has 44 heavy (non-hydrogen) atoms. The second-order valence-electron chi connectivity index (χ2n) is 9.78. The van der Waals surface area contributed by atoms with E-state index in [2.05, 4.69) is 39.0 Å². The molecule has 9 nitrogen and oxygen atoms in total. The molecule has 0 spiro atoms. The fraction of sp³-hybridized carbons (Fsp3) is 0.161. The van der Waals surface area contributed by atoms with Gasteiger partial charge in [-0.25, -0.2) is 15.0 Å². The average Bonchev–Trinajstić information content (AvgIpc) is 3.34. The Morgan fingerprint density at radius 1 is 1.05 bits per heavy atom. The maximum absolute atomic E-state index is 12.6. The zero-order valence-electron chi connectivity index (χ0n) is 23.4. The standard InChI is InChI=1S/C31H25F3N6O3S/c1-19(2)24-5-3-4-6-25(24)38-30-40(28(41)17-44-30)37-16-20-7-9-21(10-8-20)26-15-27(36-18-35-26)39-29(42)22-11-13-23(14-12-22)43-31(32,33)34/h3-16,18-19H,17H2,1-2H3,(H,35,36,39,42). The van der Waals surface area contributed by atoms with Gasteiger partial charge in [-0.15, -0.1) is 13.2 Å². The number of hydrazone groups is 1. The molecule has 3 aromatic carbocycles. The summed E-state index contributed by atoms with van der Waals surface area (Å²) in [6, 6.07) is 21.2. The lowest BCUT2D eigenvalue weighted by atomic mass is 10.0. The quantitative estimate of drug-likeness (QED) is 0.213. The first-order chi connectivity index (χ1) is 21.1. The van der Waals surface area contributed by atoms with Gasteiger partial charge in [0, 0.05) is 17.2 Å². The number of aromatic nitrogens is 2. The normalized spacial score (nSPS) is 14.5. The molecule has 1 saturated heterocycles. The highest BCUT2D eigenvalue weighted by Crippen LogP contribution is 2.30. The number of hydrogen-bond donors (Lipinski definition) is 1. The lowest BCUT2D eigenvalue weighted by Gasteiger charge is -2.12. The van der Waals surface area contributed by atoms with Gasteiger partial charge in [-0.2, -0.15) is 10.1 Å². The Hall–Kier alpha value is -5.04. The SMILES string of the molecule is CC(C)c1ccccc1N=C1SCC(=O)N1N=Cc1ccc(-c2cc(NC(=O)c3ccc(OC(F)(F)F)cc3)ncn2)cc1. The first-order valence-electron chi connectivity index (χ1n) is 13.3. The Morgan fingerprint density at radius 3 is 2.48 bits per heavy atom. The molecular formula is C31H25F3N6O3S. The van der Waals surface area contributed by atoms with Crippen LogP contribution in [0.2, 0.25) is 0 Å². The molecular weight excluding hydrogens is 593 g/mol. The van der Waals surface area contributed by atoms with Crippen LogP contribution in [-0.2, 0) is 4.79 Å². The number of carbonyl (C=O) groups excluding carboxylic acids is 2. The number of amidine groups is 1. The highest BCUT2D eigenvalue weighted by Gasteiger charge is 2.31. The van der Waals surface area contributed by atoms with Crippen LogP contribution in [0.1, 0.15) is 41.3 Å². The predicted molar refractivity (Wildman–Crippen MR) is 163 cm³/mol. The van der Waals surface area contributed by atoms with Gasteiger partial charge < -0.3 is 10.1 Å². The largest absolute Gasteiger partial charge is 0.573 e. The maximum atomic E-state index is 12.6. The molecule has 0 radical (unpaired) electrons. The van der Waals surface area contributed by atoms with E-state index in [-0.39, 0.29) is 29.0 Å². The van der Waals surface area contributed by atoms with Crippen LogP contribution in [0, 0.1) is 0 Å². The highest BCUT2D eigenvalue weighted by atomic mass is 32.2. The third-order valence-corrected chi connectivity index (χ3v) is 7.22. The summed E-state index contributed by atoms with van der Waals surface area (Å²) in [5.41, 5.74) is 4.00. The van der Waals surface area contributed by atoms with Crippen LogP contribution in [0.5, 0.6) is 5.75 Å². The van der Waals surface area contributed by atoms with Gasteiger partial charge in [-0.1, -0.05) is 68.1 Å². The lowest BCUT2D eigenvalue weighted by Crippen LogP contribution is -2.23. The van der Waals surface area contributed by atoms with Crippen molar-refractivity contribution in [1.29, 1.82) is 0 Å². The Kier molecular flexibility index (Phi) is 9.04. The second-order valence-corrected chi connectivity index (χ2v) is 10.7. The van der Waals surface area contributed by atoms with Gasteiger partial charge in [0.2, 0.25) is 0 Å². The van der Waals surface area contributed by atoms with Crippen LogP contribution in [0.4, 0.5) is 24.7 Å². The van der Waals surface area contributed by atoms with E-state index in [1.54, 1.807) is 12.3 Å². The summed E-state index contributed by atoms with van der Waals surface area (Å²) >= 11 is 1.34. The lowest BCUT2D eigenvalue weighted by molar-refractivity contribution is -0.274. The monoisotopic (exact) mass is 618 g/mol. The zero-order chi connectivity index (χ0) is 31.3. The topological polar surface area (TPSA) is 109 Å². The molecule has 224 valence electrons. The Labute approximate surface area is 254 Å². The first-order valence-corrected chi connectivity index (χ1v) is 14.3. The van der Waals surface area contributed by atoms with E-state index >= 15 is 0 Å². The number of alkyl halides is 3. The van der Waals surface area contributed by atoms with E-state index in [1.165, 1.54) is 35.2 Å². The van der Waals surface area contributed by atoms with Crippen molar-refractivity contribution in [3.8, 4) is 17.0 Å². The molecule has 5 rings (SSSR count). The van der Waals surface area contributed by atoms with Crippen LogP contribution in [0.25, 0.3) is 11.3 Å². The van der Waals surface area contributed by atoms with Crippen molar-refractivity contribution in [1.82, 2.24) is 15.0 Å². The van der Waals surface area contributed by atoms with Gasteiger partial charge in [-0.3, -0.25) is 9.59 Å². The fourth-order valence-electron chi connectivity index (χ4n) is 4.17. The highest BCUT2D eigenvalue weighted by molar-refractivity contribution is 8.15. The molecule has 1 N–H and O–H groups in total. The van der Waals surface area contributed by atoms with Gasteiger partial charge >= 0.3 is 6.36 Å². The predicted octanol–water partition coefficient (Wildman–Crippen LogP) is 7.01. The van der Waals surface area contributed by atoms with Crippen molar-refractivity contribution >= 4 is 46.5 Å². The van der Waals surface area contributed by atoms with Crippen LogP contribution in [0.3, 0.4) is 0 Å². The molecule has 0 aliphatic carbocycles. The Balaban J connectivity index is 1.26. The fourth-order valence-corrected chi connectivity index (χ4v) is 4.98. The number of anilines is 1. The summed E-state index contributed by atoms with van der Waals surface area (Å²) in [6.45, 7) is 4.18. The number of benzene rings is 3. The molecule has 13 heteroatoms. The van der Waals surface area contributed by atoms with Crippen LogP contribution in [-0.4, -0.2) is 50.3 Å². The summed E-state index contributed by atoms with van der Waals surface area (Å²) in [5, 5.41) is 8.83. The van der Waals surface area contributed by atoms with Gasteiger partial charge in [0.25, 0.3) is 11.8 Å². The summed E-state index contributed by atoms with van der Waals surface area (Å²) < 4.78 is 41.0. The van der Waals surface area contributed by atoms with Gasteiger partial charge in [0.05, 0.1) is 23.3 Å². The number of para-hydroxylation sites is 1. The third kappa shape index (κ3) is 7.67. The number of ether oxygens (including phenoxy) is 1. The van der Waals surface area contributed by atoms with E-state index in [9.17, 15) is 22.8 Å². The molecule has 2 heterocycles. The van der Waals surface area contributed by atoms with Crippen molar-refractivity contribution in [2.45, 2.75) is 26.1 Å².